The van der Waals surface area contributed by atoms with Gasteiger partial charge in [-0.15, -0.1) is 0 Å². The third kappa shape index (κ3) is 5.58. The maximum Gasteiger partial charge on any atom is 0.508 e. The SMILES string of the molecule is CCC(C)OC(=O)OC1CCC2(C)C(=CCC3C2CCC2(C)C(C(C)C=CC(CC)C(C)C)CCC32)C1. The van der Waals surface area contributed by atoms with Gasteiger partial charge in [-0.3, -0.25) is 0 Å². The van der Waals surface area contributed by atoms with E-state index < -0.39 is 6.16 Å². The zero-order chi connectivity index (χ0) is 27.0. The second-order valence-electron chi connectivity index (χ2n) is 14.1. The molecule has 0 aromatic rings. The molecule has 0 N–H and O–H groups in total. The van der Waals surface area contributed by atoms with Crippen LogP contribution in [0.2, 0.25) is 0 Å². The first-order valence-corrected chi connectivity index (χ1v) is 15.8. The summed E-state index contributed by atoms with van der Waals surface area (Å²) in [6.45, 7) is 18.7. The highest BCUT2D eigenvalue weighted by atomic mass is 16.7. The molecular weight excluding hydrogens is 456 g/mol. The van der Waals surface area contributed by atoms with Crippen molar-refractivity contribution in [3.8, 4) is 0 Å². The van der Waals surface area contributed by atoms with Crippen LogP contribution in [0.1, 0.15) is 120 Å². The van der Waals surface area contributed by atoms with Crippen molar-refractivity contribution in [1.29, 1.82) is 0 Å². The van der Waals surface area contributed by atoms with E-state index in [9.17, 15) is 4.79 Å². The van der Waals surface area contributed by atoms with Crippen LogP contribution in [0.25, 0.3) is 0 Å². The van der Waals surface area contributed by atoms with E-state index in [-0.39, 0.29) is 17.6 Å². The summed E-state index contributed by atoms with van der Waals surface area (Å²) in [5.41, 5.74) is 2.32. The maximum atomic E-state index is 12.3. The van der Waals surface area contributed by atoms with E-state index in [2.05, 4.69) is 59.8 Å². The third-order valence-corrected chi connectivity index (χ3v) is 11.9. The van der Waals surface area contributed by atoms with E-state index >= 15 is 0 Å². The van der Waals surface area contributed by atoms with Gasteiger partial charge in [0.05, 0.1) is 0 Å². The van der Waals surface area contributed by atoms with Crippen molar-refractivity contribution in [3.63, 3.8) is 0 Å². The van der Waals surface area contributed by atoms with Gasteiger partial charge in [0.2, 0.25) is 0 Å². The fourth-order valence-corrected chi connectivity index (χ4v) is 9.33. The Morgan fingerprint density at radius 3 is 2.43 bits per heavy atom. The van der Waals surface area contributed by atoms with E-state index in [1.807, 2.05) is 13.8 Å². The number of fused-ring (bicyclic) bond motifs is 5. The standard InChI is InChI=1S/C34H56O3/c1-9-24(6)36-32(35)37-27-17-19-33(7)26(21-27)13-14-28-30-16-15-29(34(30,8)20-18-31(28)33)23(5)11-12-25(10-2)22(3)4/h11-13,22-25,27-31H,9-10,14-21H2,1-8H3. The molecule has 0 bridgehead atoms. The van der Waals surface area contributed by atoms with Gasteiger partial charge in [0.25, 0.3) is 0 Å². The average Bonchev–Trinajstić information content (AvgIpc) is 3.21. The highest BCUT2D eigenvalue weighted by molar-refractivity contribution is 5.60. The molecule has 3 heteroatoms. The van der Waals surface area contributed by atoms with Crippen molar-refractivity contribution >= 4 is 6.16 Å². The highest BCUT2D eigenvalue weighted by Gasteiger charge is 2.59. The molecule has 3 fully saturated rings. The van der Waals surface area contributed by atoms with E-state index in [1.54, 1.807) is 5.57 Å². The van der Waals surface area contributed by atoms with Crippen LogP contribution >= 0.6 is 0 Å². The van der Waals surface area contributed by atoms with Crippen LogP contribution in [0, 0.1) is 52.3 Å². The minimum atomic E-state index is -0.482. The summed E-state index contributed by atoms with van der Waals surface area (Å²) >= 11 is 0. The Balaban J connectivity index is 1.44. The number of carbonyl (C=O) groups excluding carboxylic acids is 1. The Kier molecular flexibility index (Phi) is 8.91. The molecule has 37 heavy (non-hydrogen) atoms. The van der Waals surface area contributed by atoms with Crippen LogP contribution in [0.15, 0.2) is 23.8 Å². The lowest BCUT2D eigenvalue weighted by atomic mass is 9.47. The lowest BCUT2D eigenvalue weighted by Crippen LogP contribution is -2.51. The summed E-state index contributed by atoms with van der Waals surface area (Å²) in [6.07, 6.45) is 19.0. The Labute approximate surface area is 228 Å². The van der Waals surface area contributed by atoms with Crippen molar-refractivity contribution < 1.29 is 14.3 Å². The van der Waals surface area contributed by atoms with Crippen molar-refractivity contribution in [2.75, 3.05) is 0 Å². The molecule has 4 aliphatic rings. The lowest BCUT2D eigenvalue weighted by Gasteiger charge is -2.58. The molecule has 0 aromatic carbocycles. The van der Waals surface area contributed by atoms with E-state index in [0.717, 1.165) is 55.3 Å². The number of rotatable bonds is 8. The number of allylic oxidation sites excluding steroid dienone is 3. The largest absolute Gasteiger partial charge is 0.508 e. The van der Waals surface area contributed by atoms with Gasteiger partial charge in [0.15, 0.2) is 0 Å². The first-order valence-electron chi connectivity index (χ1n) is 15.8. The normalized spacial score (nSPS) is 39.8. The van der Waals surface area contributed by atoms with Gasteiger partial charge >= 0.3 is 6.16 Å². The van der Waals surface area contributed by atoms with Gasteiger partial charge < -0.3 is 9.47 Å². The predicted octanol–water partition coefficient (Wildman–Crippen LogP) is 9.76. The van der Waals surface area contributed by atoms with Crippen molar-refractivity contribution in [3.05, 3.63) is 23.8 Å². The zero-order valence-electron chi connectivity index (χ0n) is 25.2. The molecule has 210 valence electrons. The topological polar surface area (TPSA) is 35.5 Å². The van der Waals surface area contributed by atoms with Crippen LogP contribution in [-0.4, -0.2) is 18.4 Å². The lowest BCUT2D eigenvalue weighted by molar-refractivity contribution is -0.0609. The quantitative estimate of drug-likeness (QED) is 0.240. The Morgan fingerprint density at radius 2 is 1.76 bits per heavy atom. The number of carbonyl (C=O) groups is 1. The van der Waals surface area contributed by atoms with Crippen LogP contribution in [-0.2, 0) is 9.47 Å². The van der Waals surface area contributed by atoms with Gasteiger partial charge in [-0.1, -0.05) is 72.3 Å². The second-order valence-corrected chi connectivity index (χ2v) is 14.1. The molecule has 0 aliphatic heterocycles. The molecule has 0 aromatic heterocycles. The fourth-order valence-electron chi connectivity index (χ4n) is 9.33. The molecule has 0 amide bonds. The third-order valence-electron chi connectivity index (χ3n) is 11.9. The van der Waals surface area contributed by atoms with E-state index in [1.165, 1.54) is 38.5 Å². The minimum absolute atomic E-state index is 0.0254. The number of hydrogen-bond donors (Lipinski definition) is 0. The summed E-state index contributed by atoms with van der Waals surface area (Å²) in [4.78, 5) is 12.3. The molecule has 0 heterocycles. The second kappa shape index (κ2) is 11.5. The van der Waals surface area contributed by atoms with E-state index in [4.69, 9.17) is 9.47 Å². The fraction of sp³-hybridized carbons (Fsp3) is 0.853. The first-order chi connectivity index (χ1) is 17.5. The number of hydrogen-bond acceptors (Lipinski definition) is 3. The summed E-state index contributed by atoms with van der Waals surface area (Å²) in [7, 11) is 0. The molecule has 3 saturated carbocycles. The molecule has 0 spiro atoms. The molecule has 3 nitrogen and oxygen atoms in total. The molecular formula is C34H56O3. The van der Waals surface area contributed by atoms with Gasteiger partial charge in [-0.25, -0.2) is 4.79 Å². The molecule has 10 unspecified atom stereocenters. The summed E-state index contributed by atoms with van der Waals surface area (Å²) in [6, 6.07) is 0. The Hall–Kier alpha value is -1.25. The zero-order valence-corrected chi connectivity index (χ0v) is 25.2. The summed E-state index contributed by atoms with van der Waals surface area (Å²) in [5, 5.41) is 0. The van der Waals surface area contributed by atoms with Crippen LogP contribution < -0.4 is 0 Å². The smallest absolute Gasteiger partial charge is 0.431 e. The van der Waals surface area contributed by atoms with Crippen molar-refractivity contribution in [2.45, 2.75) is 132 Å². The summed E-state index contributed by atoms with van der Waals surface area (Å²) in [5.74, 6) is 5.39. The average molecular weight is 513 g/mol. The number of ether oxygens (including phenoxy) is 2. The monoisotopic (exact) mass is 512 g/mol. The Morgan fingerprint density at radius 1 is 1.00 bits per heavy atom. The van der Waals surface area contributed by atoms with Gasteiger partial charge in [0.1, 0.15) is 12.2 Å². The molecule has 4 rings (SSSR count). The molecule has 10 atom stereocenters. The minimum Gasteiger partial charge on any atom is -0.431 e. The molecule has 0 radical (unpaired) electrons. The van der Waals surface area contributed by atoms with Crippen LogP contribution in [0.4, 0.5) is 4.79 Å². The first kappa shape index (κ1) is 28.8. The maximum absolute atomic E-state index is 12.3. The van der Waals surface area contributed by atoms with Gasteiger partial charge in [-0.2, -0.15) is 0 Å². The Bertz CT molecular complexity index is 857. The van der Waals surface area contributed by atoms with Crippen LogP contribution in [0.5, 0.6) is 0 Å². The van der Waals surface area contributed by atoms with Gasteiger partial charge in [0, 0.05) is 6.42 Å². The summed E-state index contributed by atoms with van der Waals surface area (Å²) < 4.78 is 11.2. The van der Waals surface area contributed by atoms with Crippen LogP contribution in [0.3, 0.4) is 0 Å². The van der Waals surface area contributed by atoms with Crippen molar-refractivity contribution in [2.24, 2.45) is 52.3 Å². The highest BCUT2D eigenvalue weighted by Crippen LogP contribution is 2.67. The van der Waals surface area contributed by atoms with Gasteiger partial charge in [-0.05, 0) is 117 Å². The van der Waals surface area contributed by atoms with E-state index in [0.29, 0.717) is 17.3 Å². The molecule has 4 aliphatic carbocycles. The molecule has 0 saturated heterocycles. The van der Waals surface area contributed by atoms with Crippen molar-refractivity contribution in [1.82, 2.24) is 0 Å². The predicted molar refractivity (Wildman–Crippen MR) is 153 cm³/mol.